The van der Waals surface area contributed by atoms with Crippen molar-refractivity contribution in [2.75, 3.05) is 0 Å². The molecular formula is C5H5Cl2NO4. The summed E-state index contributed by atoms with van der Waals surface area (Å²) in [5.74, 6) is 0. The Morgan fingerprint density at radius 2 is 1.92 bits per heavy atom. The fraction of sp³-hybridized carbons (Fsp3) is 0. The van der Waals surface area contributed by atoms with E-state index in [4.69, 9.17) is 30.2 Å². The lowest BCUT2D eigenvalue weighted by Crippen LogP contribution is -2.58. The lowest BCUT2D eigenvalue weighted by Gasteiger charge is -2.03. The second-order valence-corrected chi connectivity index (χ2v) is 2.80. The molecule has 0 radical (unpaired) electrons. The first-order valence-electron chi connectivity index (χ1n) is 2.58. The summed E-state index contributed by atoms with van der Waals surface area (Å²) in [5, 5.41) is 0.683. The van der Waals surface area contributed by atoms with Gasteiger partial charge in [0.15, 0.2) is 0 Å². The van der Waals surface area contributed by atoms with E-state index in [9.17, 15) is 0 Å². The van der Waals surface area contributed by atoms with Gasteiger partial charge in [0, 0.05) is 12.4 Å². The van der Waals surface area contributed by atoms with E-state index in [-0.39, 0.29) is 0 Å². The zero-order chi connectivity index (χ0) is 9.61. The van der Waals surface area contributed by atoms with E-state index in [1.807, 2.05) is 0 Å². The number of rotatable bonds is 0. The van der Waals surface area contributed by atoms with Crippen molar-refractivity contribution < 1.29 is 28.9 Å². The molecule has 5 nitrogen and oxygen atoms in total. The van der Waals surface area contributed by atoms with Crippen molar-refractivity contribution >= 4 is 11.6 Å². The third-order valence-corrected chi connectivity index (χ3v) is 0.849. The van der Waals surface area contributed by atoms with Crippen LogP contribution in [-0.2, 0) is 0 Å². The number of nitrogens with zero attached hydrogens (tertiary/aromatic N) is 1. The molecule has 12 heavy (non-hydrogen) atoms. The predicted octanol–water partition coefficient (Wildman–Crippen LogP) is -2.39. The van der Waals surface area contributed by atoms with Gasteiger partial charge in [-0.3, -0.25) is 4.98 Å². The van der Waals surface area contributed by atoms with Crippen LogP contribution in [0.25, 0.3) is 0 Å². The molecule has 1 aromatic heterocycles. The summed E-state index contributed by atoms with van der Waals surface area (Å²) in [7, 11) is -4.69. The summed E-state index contributed by atoms with van der Waals surface area (Å²) in [6.45, 7) is 0. The van der Waals surface area contributed by atoms with Crippen LogP contribution in [0, 0.1) is 10.2 Å². The molecular weight excluding hydrogens is 209 g/mol. The van der Waals surface area contributed by atoms with Crippen molar-refractivity contribution in [3.8, 4) is 0 Å². The summed E-state index contributed by atoms with van der Waals surface area (Å²) >= 11 is 5.48. The Morgan fingerprint density at radius 3 is 2.08 bits per heavy atom. The highest BCUT2D eigenvalue weighted by atomic mass is 35.7. The fourth-order valence-electron chi connectivity index (χ4n) is 0.342. The molecule has 1 aromatic rings. The van der Waals surface area contributed by atoms with E-state index in [0.717, 1.165) is 0 Å². The summed E-state index contributed by atoms with van der Waals surface area (Å²) < 4.78 is 32.7. The van der Waals surface area contributed by atoms with Crippen molar-refractivity contribution in [3.05, 3.63) is 29.5 Å². The van der Waals surface area contributed by atoms with E-state index >= 15 is 0 Å². The van der Waals surface area contributed by atoms with Gasteiger partial charge >= 0.3 is 0 Å². The largest absolute Gasteiger partial charge is 0.263 e. The summed E-state index contributed by atoms with van der Waals surface area (Å²) in [4.78, 5) is 3.75. The number of aromatic nitrogens is 1. The number of hydrogen-bond donors (Lipinski definition) is 1. The normalized spacial score (nSPS) is 10.1. The standard InChI is InChI=1S/C5H4ClN.ClHO4/c6-5-2-1-3-7-4-5;2-1(3,4)5/h1-4H;(H,2,3,4,5). The smallest absolute Gasteiger partial charge is 0.0777 e. The molecule has 0 atom stereocenters. The zero-order valence-electron chi connectivity index (χ0n) is 5.68. The Morgan fingerprint density at radius 1 is 1.42 bits per heavy atom. The van der Waals surface area contributed by atoms with Crippen LogP contribution in [0.5, 0.6) is 0 Å². The van der Waals surface area contributed by atoms with Gasteiger partial charge in [0.1, 0.15) is 0 Å². The van der Waals surface area contributed by atoms with Gasteiger partial charge in [-0.05, 0) is 12.1 Å². The maximum Gasteiger partial charge on any atom is 0.0777 e. The van der Waals surface area contributed by atoms with Crippen LogP contribution in [0.4, 0.5) is 0 Å². The van der Waals surface area contributed by atoms with Crippen LogP contribution in [-0.4, -0.2) is 9.64 Å². The van der Waals surface area contributed by atoms with Crippen molar-refractivity contribution in [2.45, 2.75) is 0 Å². The molecule has 1 N–H and O–H groups in total. The Bertz CT molecular complexity index is 206. The van der Waals surface area contributed by atoms with Gasteiger partial charge in [-0.25, -0.2) is 0 Å². The average molecular weight is 214 g/mol. The second kappa shape index (κ2) is 5.26. The topological polar surface area (TPSA) is 102 Å². The minimum atomic E-state index is -4.69. The van der Waals surface area contributed by atoms with E-state index < -0.39 is 10.2 Å². The highest BCUT2D eigenvalue weighted by Gasteiger charge is 1.98. The molecule has 0 aliphatic rings. The minimum absolute atomic E-state index is 0.683. The van der Waals surface area contributed by atoms with E-state index in [1.165, 1.54) is 0 Å². The van der Waals surface area contributed by atoms with E-state index in [0.29, 0.717) is 5.02 Å². The molecule has 0 fully saturated rings. The Balaban J connectivity index is 0.000000217. The predicted molar refractivity (Wildman–Crippen MR) is 31.5 cm³/mol. The molecule has 0 bridgehead atoms. The van der Waals surface area contributed by atoms with Crippen LogP contribution in [0.2, 0.25) is 5.02 Å². The summed E-state index contributed by atoms with van der Waals surface area (Å²) in [6.07, 6.45) is 3.29. The van der Waals surface area contributed by atoms with Crippen molar-refractivity contribution in [1.29, 1.82) is 0 Å². The molecule has 0 saturated carbocycles. The Kier molecular flexibility index (Phi) is 5.07. The first-order valence-corrected chi connectivity index (χ1v) is 4.22. The maximum absolute atomic E-state index is 8.60. The lowest BCUT2D eigenvalue weighted by atomic mass is 10.5. The quantitative estimate of drug-likeness (QED) is 0.519. The van der Waals surface area contributed by atoms with Crippen molar-refractivity contribution in [1.82, 2.24) is 4.98 Å². The third-order valence-electron chi connectivity index (χ3n) is 0.625. The minimum Gasteiger partial charge on any atom is -0.263 e. The number of halogens is 2. The van der Waals surface area contributed by atoms with Crippen LogP contribution >= 0.6 is 11.6 Å². The summed E-state index contributed by atoms with van der Waals surface area (Å²) in [6, 6.07) is 3.58. The molecule has 0 aromatic carbocycles. The molecule has 0 aliphatic heterocycles. The SMILES string of the molecule is Clc1cccnc1.[O-][Cl+3]([O-])([O-])O. The molecule has 0 aliphatic carbocycles. The van der Waals surface area contributed by atoms with Crippen molar-refractivity contribution in [2.24, 2.45) is 0 Å². The van der Waals surface area contributed by atoms with Gasteiger partial charge < -0.3 is 0 Å². The monoisotopic (exact) mass is 213 g/mol. The fourth-order valence-corrected chi connectivity index (χ4v) is 0.471. The van der Waals surface area contributed by atoms with Gasteiger partial charge in [-0.1, -0.05) is 11.6 Å². The van der Waals surface area contributed by atoms with E-state index in [1.54, 1.807) is 24.5 Å². The molecule has 0 amide bonds. The van der Waals surface area contributed by atoms with Crippen molar-refractivity contribution in [3.63, 3.8) is 0 Å². The van der Waals surface area contributed by atoms with Crippen LogP contribution in [0.1, 0.15) is 0 Å². The number of hydrogen-bond acceptors (Lipinski definition) is 5. The molecule has 0 unspecified atom stereocenters. The van der Waals surface area contributed by atoms with Gasteiger partial charge in [0.25, 0.3) is 0 Å². The Labute approximate surface area is 75.6 Å². The average Bonchev–Trinajstić information content (AvgIpc) is 1.85. The zero-order valence-corrected chi connectivity index (χ0v) is 7.20. The van der Waals surface area contributed by atoms with E-state index in [2.05, 4.69) is 4.98 Å². The molecule has 1 heterocycles. The lowest BCUT2D eigenvalue weighted by molar-refractivity contribution is -1.92. The second-order valence-electron chi connectivity index (χ2n) is 1.57. The maximum atomic E-state index is 8.60. The van der Waals surface area contributed by atoms with Crippen LogP contribution in [0.3, 0.4) is 0 Å². The molecule has 0 spiro atoms. The molecule has 0 saturated heterocycles. The first kappa shape index (κ1) is 11.6. The third kappa shape index (κ3) is 12.3. The van der Waals surface area contributed by atoms with Gasteiger partial charge in [-0.15, -0.1) is 0 Å². The molecule has 68 valence electrons. The van der Waals surface area contributed by atoms with Gasteiger partial charge in [0.2, 0.25) is 0 Å². The summed E-state index contributed by atoms with van der Waals surface area (Å²) in [5.41, 5.74) is 0. The van der Waals surface area contributed by atoms with Crippen LogP contribution in [0.15, 0.2) is 24.5 Å². The molecule has 1 rings (SSSR count). The van der Waals surface area contributed by atoms with Crippen LogP contribution < -0.4 is 14.0 Å². The van der Waals surface area contributed by atoms with Gasteiger partial charge in [-0.2, -0.15) is 14.0 Å². The Hall–Kier alpha value is -0.430. The number of pyridine rings is 1. The molecule has 7 heteroatoms. The first-order chi connectivity index (χ1) is 5.39. The van der Waals surface area contributed by atoms with Gasteiger partial charge in [0.05, 0.1) is 19.9 Å². The highest BCUT2D eigenvalue weighted by molar-refractivity contribution is 6.30. The highest BCUT2D eigenvalue weighted by Crippen LogP contribution is 2.00.